The van der Waals surface area contributed by atoms with E-state index in [4.69, 9.17) is 15.0 Å². The molecule has 0 spiro atoms. The Hall–Kier alpha value is -8.01. The third-order valence-corrected chi connectivity index (χ3v) is 10.9. The quantitative estimate of drug-likeness (QED) is 0.147. The lowest BCUT2D eigenvalue weighted by Crippen LogP contribution is -2.01. The Labute approximate surface area is 351 Å². The molecule has 8 aromatic carbocycles. The van der Waals surface area contributed by atoms with E-state index in [9.17, 15) is 0 Å². The van der Waals surface area contributed by atoms with Crippen molar-refractivity contribution in [2.75, 3.05) is 0 Å². The van der Waals surface area contributed by atoms with Crippen molar-refractivity contribution >= 4 is 0 Å². The van der Waals surface area contributed by atoms with E-state index in [0.717, 1.165) is 95.1 Å². The maximum absolute atomic E-state index is 5.60. The number of pyridine rings is 1. The van der Waals surface area contributed by atoms with Crippen molar-refractivity contribution in [3.05, 3.63) is 237 Å². The fourth-order valence-electron chi connectivity index (χ4n) is 8.01. The summed E-state index contributed by atoms with van der Waals surface area (Å²) in [6.07, 6.45) is 0. The number of hydrogen-bond acceptors (Lipinski definition) is 3. The summed E-state index contributed by atoms with van der Waals surface area (Å²) in [4.78, 5) is 16.0. The van der Waals surface area contributed by atoms with Crippen molar-refractivity contribution in [3.63, 3.8) is 0 Å². The van der Waals surface area contributed by atoms with Gasteiger partial charge in [-0.15, -0.1) is 0 Å². The topological polar surface area (TPSA) is 38.7 Å². The predicted octanol–water partition coefficient (Wildman–Crippen LogP) is 14.9. The Balaban J connectivity index is 1.19. The fourth-order valence-corrected chi connectivity index (χ4v) is 8.01. The largest absolute Gasteiger partial charge is 0.246 e. The summed E-state index contributed by atoms with van der Waals surface area (Å²) in [7, 11) is 0. The summed E-state index contributed by atoms with van der Waals surface area (Å²) >= 11 is 0. The van der Waals surface area contributed by atoms with Crippen molar-refractivity contribution in [3.8, 4) is 101 Å². The fraction of sp³-hybridized carbons (Fsp3) is 0. The first-order chi connectivity index (χ1) is 29.8. The Kier molecular flexibility index (Phi) is 9.97. The van der Waals surface area contributed by atoms with E-state index in [2.05, 4.69) is 224 Å². The number of nitrogens with zero attached hydrogens (tertiary/aromatic N) is 3. The van der Waals surface area contributed by atoms with Crippen LogP contribution in [-0.2, 0) is 0 Å². The molecule has 0 N–H and O–H groups in total. The molecule has 10 rings (SSSR count). The molecule has 0 atom stereocenters. The summed E-state index contributed by atoms with van der Waals surface area (Å²) < 4.78 is 0. The number of aromatic nitrogens is 3. The summed E-state index contributed by atoms with van der Waals surface area (Å²) in [5.41, 5.74) is 17.6. The van der Waals surface area contributed by atoms with Crippen LogP contribution in [0, 0.1) is 0 Å². The summed E-state index contributed by atoms with van der Waals surface area (Å²) in [5.74, 6) is 0.681. The Bertz CT molecular complexity index is 2920. The van der Waals surface area contributed by atoms with E-state index in [0.29, 0.717) is 5.82 Å². The molecule has 0 bridgehead atoms. The SMILES string of the molecule is c1ccc(-c2cccc(-c3nc(-c4ccccc4)cc(-c4ccc(-c5c(-c6ccccc6)c(-c6ccccc6)nc(-c6ccccc6)c5-c5ccccc5)cc4)n3)c2)cc1. The lowest BCUT2D eigenvalue weighted by atomic mass is 9.83. The first kappa shape index (κ1) is 36.3. The third kappa shape index (κ3) is 7.32. The summed E-state index contributed by atoms with van der Waals surface area (Å²) in [6.45, 7) is 0. The zero-order valence-corrected chi connectivity index (χ0v) is 32.9. The van der Waals surface area contributed by atoms with E-state index in [1.807, 2.05) is 12.1 Å². The van der Waals surface area contributed by atoms with Crippen LogP contribution in [0.25, 0.3) is 101 Å². The molecule has 3 nitrogen and oxygen atoms in total. The lowest BCUT2D eigenvalue weighted by Gasteiger charge is -2.23. The van der Waals surface area contributed by atoms with Crippen molar-refractivity contribution in [2.24, 2.45) is 0 Å². The van der Waals surface area contributed by atoms with Crippen LogP contribution < -0.4 is 0 Å². The van der Waals surface area contributed by atoms with E-state index in [-0.39, 0.29) is 0 Å². The van der Waals surface area contributed by atoms with Gasteiger partial charge in [0.15, 0.2) is 5.82 Å². The number of hydrogen-bond donors (Lipinski definition) is 0. The summed E-state index contributed by atoms with van der Waals surface area (Å²) in [5, 5.41) is 0. The average Bonchev–Trinajstić information content (AvgIpc) is 3.35. The summed E-state index contributed by atoms with van der Waals surface area (Å²) in [6, 6.07) is 82.7. The highest BCUT2D eigenvalue weighted by atomic mass is 14.9. The molecule has 60 heavy (non-hydrogen) atoms. The second-order valence-corrected chi connectivity index (χ2v) is 14.8. The highest BCUT2D eigenvalue weighted by Crippen LogP contribution is 2.48. The maximum Gasteiger partial charge on any atom is 0.160 e. The Morgan fingerprint density at radius 2 is 0.533 bits per heavy atom. The molecule has 10 aromatic rings. The van der Waals surface area contributed by atoms with Gasteiger partial charge in [-0.1, -0.05) is 224 Å². The molecule has 2 heterocycles. The molecule has 0 saturated carbocycles. The van der Waals surface area contributed by atoms with Gasteiger partial charge < -0.3 is 0 Å². The van der Waals surface area contributed by atoms with Crippen molar-refractivity contribution in [2.45, 2.75) is 0 Å². The zero-order valence-electron chi connectivity index (χ0n) is 32.9. The molecular weight excluding hydrogens is 727 g/mol. The van der Waals surface area contributed by atoms with Crippen LogP contribution >= 0.6 is 0 Å². The van der Waals surface area contributed by atoms with Gasteiger partial charge in [0.1, 0.15) is 0 Å². The van der Waals surface area contributed by atoms with Gasteiger partial charge in [-0.2, -0.15) is 0 Å². The van der Waals surface area contributed by atoms with Gasteiger partial charge in [0.2, 0.25) is 0 Å². The number of benzene rings is 8. The van der Waals surface area contributed by atoms with E-state index < -0.39 is 0 Å². The normalized spacial score (nSPS) is 11.0. The first-order valence-corrected chi connectivity index (χ1v) is 20.3. The molecule has 0 unspecified atom stereocenters. The van der Waals surface area contributed by atoms with E-state index in [1.165, 1.54) is 0 Å². The molecule has 0 radical (unpaired) electrons. The average molecular weight is 766 g/mol. The van der Waals surface area contributed by atoms with Crippen molar-refractivity contribution < 1.29 is 0 Å². The molecule has 0 aliphatic rings. The first-order valence-electron chi connectivity index (χ1n) is 20.3. The van der Waals surface area contributed by atoms with Crippen molar-refractivity contribution in [1.82, 2.24) is 15.0 Å². The minimum Gasteiger partial charge on any atom is -0.246 e. The number of rotatable bonds is 9. The molecule has 282 valence electrons. The smallest absolute Gasteiger partial charge is 0.160 e. The molecule has 0 aliphatic heterocycles. The predicted molar refractivity (Wildman–Crippen MR) is 249 cm³/mol. The van der Waals surface area contributed by atoms with Gasteiger partial charge in [-0.25, -0.2) is 15.0 Å². The highest BCUT2D eigenvalue weighted by Gasteiger charge is 2.25. The van der Waals surface area contributed by atoms with Crippen LogP contribution in [0.15, 0.2) is 237 Å². The van der Waals surface area contributed by atoms with Crippen LogP contribution in [0.5, 0.6) is 0 Å². The monoisotopic (exact) mass is 765 g/mol. The van der Waals surface area contributed by atoms with Gasteiger partial charge in [-0.05, 0) is 39.9 Å². The highest BCUT2D eigenvalue weighted by molar-refractivity contribution is 6.05. The molecule has 0 saturated heterocycles. The van der Waals surface area contributed by atoms with Gasteiger partial charge in [-0.3, -0.25) is 0 Å². The molecule has 0 fully saturated rings. The van der Waals surface area contributed by atoms with Crippen LogP contribution in [0.2, 0.25) is 0 Å². The Morgan fingerprint density at radius 3 is 1.00 bits per heavy atom. The maximum atomic E-state index is 5.60. The zero-order chi connectivity index (χ0) is 40.1. The van der Waals surface area contributed by atoms with E-state index in [1.54, 1.807) is 0 Å². The van der Waals surface area contributed by atoms with Gasteiger partial charge in [0.25, 0.3) is 0 Å². The Morgan fingerprint density at radius 1 is 0.200 bits per heavy atom. The second-order valence-electron chi connectivity index (χ2n) is 14.8. The third-order valence-electron chi connectivity index (χ3n) is 10.9. The van der Waals surface area contributed by atoms with Crippen LogP contribution in [0.1, 0.15) is 0 Å². The minimum atomic E-state index is 0.681. The van der Waals surface area contributed by atoms with Gasteiger partial charge >= 0.3 is 0 Å². The molecule has 0 aliphatic carbocycles. The standard InChI is InChI=1S/C57H39N3/c1-7-20-40(21-8-1)48-32-19-33-49(38-48)57-58-50(41-22-9-2-10-23-41)39-51(59-57)42-34-36-45(37-35-42)52-53(43-24-11-3-12-25-43)55(46-28-15-5-16-29-46)60-56(47-30-17-6-18-31-47)54(52)44-26-13-4-14-27-44/h1-39H. The van der Waals surface area contributed by atoms with Crippen LogP contribution in [0.4, 0.5) is 0 Å². The van der Waals surface area contributed by atoms with Gasteiger partial charge in [0.05, 0.1) is 22.8 Å². The van der Waals surface area contributed by atoms with E-state index >= 15 is 0 Å². The minimum absolute atomic E-state index is 0.681. The molecular formula is C57H39N3. The molecule has 0 amide bonds. The molecule has 3 heteroatoms. The van der Waals surface area contributed by atoms with Crippen LogP contribution in [-0.4, -0.2) is 15.0 Å². The second kappa shape index (κ2) is 16.5. The lowest BCUT2D eigenvalue weighted by molar-refractivity contribution is 1.18. The van der Waals surface area contributed by atoms with Crippen molar-refractivity contribution in [1.29, 1.82) is 0 Å². The van der Waals surface area contributed by atoms with Crippen LogP contribution in [0.3, 0.4) is 0 Å². The van der Waals surface area contributed by atoms with Gasteiger partial charge in [0, 0.05) is 44.5 Å². The molecule has 2 aromatic heterocycles.